The third-order valence-electron chi connectivity index (χ3n) is 1.28. The van der Waals surface area contributed by atoms with Gasteiger partial charge in [-0.25, -0.2) is 4.98 Å². The van der Waals surface area contributed by atoms with E-state index in [9.17, 15) is 0 Å². The van der Waals surface area contributed by atoms with E-state index in [4.69, 9.17) is 6.42 Å². The highest BCUT2D eigenvalue weighted by atomic mass is 16.6. The molecular weight excluding hydrogens is 154 g/mol. The Morgan fingerprint density at radius 3 is 3.42 bits per heavy atom. The van der Waals surface area contributed by atoms with Crippen LogP contribution >= 0.6 is 0 Å². The van der Waals surface area contributed by atoms with E-state index in [1.807, 2.05) is 0 Å². The van der Waals surface area contributed by atoms with E-state index in [1.54, 1.807) is 17.0 Å². The van der Waals surface area contributed by atoms with E-state index in [1.165, 1.54) is 13.3 Å². The van der Waals surface area contributed by atoms with Gasteiger partial charge in [-0.2, -0.15) is 0 Å². The second-order valence-corrected chi connectivity index (χ2v) is 2.03. The third kappa shape index (κ3) is 1.86. The molecule has 0 atom stereocenters. The molecule has 0 aliphatic rings. The first kappa shape index (κ1) is 8.34. The summed E-state index contributed by atoms with van der Waals surface area (Å²) in [7, 11) is 1.48. The lowest BCUT2D eigenvalue weighted by Crippen LogP contribution is -2.00. The number of aromatic nitrogens is 2. The minimum atomic E-state index is 0.491. The van der Waals surface area contributed by atoms with Crippen molar-refractivity contribution < 1.29 is 4.84 Å². The van der Waals surface area contributed by atoms with Gasteiger partial charge in [-0.05, 0) is 0 Å². The molecule has 0 aliphatic carbocycles. The molecule has 0 amide bonds. The first-order chi connectivity index (χ1) is 5.88. The summed E-state index contributed by atoms with van der Waals surface area (Å²) in [5.41, 5.74) is 0. The van der Waals surface area contributed by atoms with Gasteiger partial charge in [0.05, 0.1) is 6.54 Å². The van der Waals surface area contributed by atoms with Crippen molar-refractivity contribution in [1.82, 2.24) is 9.55 Å². The molecule has 0 radical (unpaired) electrons. The van der Waals surface area contributed by atoms with Crippen molar-refractivity contribution in [2.45, 2.75) is 6.54 Å². The Morgan fingerprint density at radius 1 is 1.92 bits per heavy atom. The van der Waals surface area contributed by atoms with Crippen LogP contribution in [0.2, 0.25) is 0 Å². The maximum Gasteiger partial charge on any atom is 0.155 e. The number of oxime groups is 1. The summed E-state index contributed by atoms with van der Waals surface area (Å²) in [6, 6.07) is 0. The molecule has 0 saturated carbocycles. The SMILES string of the molecule is C#CCn1ccnc1/C=N/OC. The Labute approximate surface area is 70.9 Å². The lowest BCUT2D eigenvalue weighted by molar-refractivity contribution is 0.215. The molecule has 0 spiro atoms. The average molecular weight is 163 g/mol. The first-order valence-corrected chi connectivity index (χ1v) is 3.39. The van der Waals surface area contributed by atoms with Gasteiger partial charge >= 0.3 is 0 Å². The van der Waals surface area contributed by atoms with Crippen LogP contribution in [0.3, 0.4) is 0 Å². The standard InChI is InChI=1S/C8H9N3O/c1-3-5-11-6-4-9-8(11)7-10-12-2/h1,4,6-7H,5H2,2H3/b10-7+. The Morgan fingerprint density at radius 2 is 2.75 bits per heavy atom. The zero-order chi connectivity index (χ0) is 8.81. The summed E-state index contributed by atoms with van der Waals surface area (Å²) in [6.45, 7) is 0.491. The lowest BCUT2D eigenvalue weighted by atomic mass is 10.6. The van der Waals surface area contributed by atoms with Crippen LogP contribution in [0.5, 0.6) is 0 Å². The van der Waals surface area contributed by atoms with E-state index in [0.717, 1.165) is 0 Å². The molecule has 1 heterocycles. The highest BCUT2D eigenvalue weighted by Crippen LogP contribution is 1.93. The van der Waals surface area contributed by atoms with Crippen LogP contribution in [0, 0.1) is 12.3 Å². The van der Waals surface area contributed by atoms with Crippen molar-refractivity contribution in [3.63, 3.8) is 0 Å². The van der Waals surface area contributed by atoms with Gasteiger partial charge in [0, 0.05) is 12.4 Å². The smallest absolute Gasteiger partial charge is 0.155 e. The maximum atomic E-state index is 5.14. The van der Waals surface area contributed by atoms with Crippen LogP contribution < -0.4 is 0 Å². The summed E-state index contributed by atoms with van der Waals surface area (Å²) in [5.74, 6) is 3.20. The van der Waals surface area contributed by atoms with E-state index < -0.39 is 0 Å². The molecule has 0 aromatic carbocycles. The first-order valence-electron chi connectivity index (χ1n) is 3.39. The summed E-state index contributed by atoms with van der Waals surface area (Å²) in [6.07, 6.45) is 10.1. The predicted octanol–water partition coefficient (Wildman–Crippen LogP) is 0.497. The molecule has 0 aliphatic heterocycles. The van der Waals surface area contributed by atoms with Crippen molar-refractivity contribution in [2.75, 3.05) is 7.11 Å². The molecule has 4 heteroatoms. The summed E-state index contributed by atoms with van der Waals surface area (Å²) in [5, 5.41) is 3.58. The molecule has 0 unspecified atom stereocenters. The molecule has 12 heavy (non-hydrogen) atoms. The Kier molecular flexibility index (Phi) is 2.91. The Bertz CT molecular complexity index is 308. The van der Waals surface area contributed by atoms with E-state index in [0.29, 0.717) is 12.4 Å². The number of imidazole rings is 1. The number of rotatable bonds is 3. The summed E-state index contributed by atoms with van der Waals surface area (Å²) in [4.78, 5) is 8.52. The van der Waals surface area contributed by atoms with Crippen molar-refractivity contribution in [2.24, 2.45) is 5.16 Å². The fraction of sp³-hybridized carbons (Fsp3) is 0.250. The van der Waals surface area contributed by atoms with Gasteiger partial charge in [-0.3, -0.25) is 0 Å². The van der Waals surface area contributed by atoms with Crippen LogP contribution in [0.4, 0.5) is 0 Å². The van der Waals surface area contributed by atoms with Crippen molar-refractivity contribution >= 4 is 6.21 Å². The molecule has 4 nitrogen and oxygen atoms in total. The molecule has 0 bridgehead atoms. The maximum absolute atomic E-state index is 5.14. The van der Waals surface area contributed by atoms with E-state index >= 15 is 0 Å². The van der Waals surface area contributed by atoms with Crippen LogP contribution in [0.25, 0.3) is 0 Å². The molecule has 1 rings (SSSR count). The second kappa shape index (κ2) is 4.19. The van der Waals surface area contributed by atoms with Gasteiger partial charge in [0.25, 0.3) is 0 Å². The zero-order valence-corrected chi connectivity index (χ0v) is 6.77. The lowest BCUT2D eigenvalue weighted by Gasteiger charge is -1.96. The predicted molar refractivity (Wildman–Crippen MR) is 45.7 cm³/mol. The van der Waals surface area contributed by atoms with Crippen LogP contribution in [-0.4, -0.2) is 22.9 Å². The average Bonchev–Trinajstić information content (AvgIpc) is 2.50. The molecule has 0 N–H and O–H groups in total. The molecule has 62 valence electrons. The van der Waals surface area contributed by atoms with Gasteiger partial charge in [0.15, 0.2) is 5.82 Å². The molecule has 0 fully saturated rings. The summed E-state index contributed by atoms with van der Waals surface area (Å²) >= 11 is 0. The topological polar surface area (TPSA) is 39.4 Å². The van der Waals surface area contributed by atoms with E-state index in [2.05, 4.69) is 20.9 Å². The van der Waals surface area contributed by atoms with Gasteiger partial charge in [-0.1, -0.05) is 11.1 Å². The van der Waals surface area contributed by atoms with Crippen LogP contribution in [0.1, 0.15) is 5.82 Å². The van der Waals surface area contributed by atoms with Gasteiger partial charge in [0.2, 0.25) is 0 Å². The summed E-state index contributed by atoms with van der Waals surface area (Å²) < 4.78 is 1.79. The fourth-order valence-corrected chi connectivity index (χ4v) is 0.780. The van der Waals surface area contributed by atoms with Crippen LogP contribution in [-0.2, 0) is 11.4 Å². The van der Waals surface area contributed by atoms with Crippen LogP contribution in [0.15, 0.2) is 17.5 Å². The minimum Gasteiger partial charge on any atom is -0.399 e. The monoisotopic (exact) mass is 163 g/mol. The highest BCUT2D eigenvalue weighted by Gasteiger charge is 1.96. The van der Waals surface area contributed by atoms with Gasteiger partial charge in [0.1, 0.15) is 13.3 Å². The highest BCUT2D eigenvalue weighted by molar-refractivity contribution is 5.74. The van der Waals surface area contributed by atoms with E-state index in [-0.39, 0.29) is 0 Å². The second-order valence-electron chi connectivity index (χ2n) is 2.03. The quantitative estimate of drug-likeness (QED) is 0.369. The number of hydrogen-bond acceptors (Lipinski definition) is 3. The van der Waals surface area contributed by atoms with Crippen molar-refractivity contribution in [3.8, 4) is 12.3 Å². The number of nitrogens with zero attached hydrogens (tertiary/aromatic N) is 3. The minimum absolute atomic E-state index is 0.491. The molecule has 1 aromatic rings. The molecule has 0 saturated heterocycles. The number of terminal acetylenes is 1. The van der Waals surface area contributed by atoms with Crippen molar-refractivity contribution in [3.05, 3.63) is 18.2 Å². The Hall–Kier alpha value is -1.76. The Balaban J connectivity index is 2.78. The fourth-order valence-electron chi connectivity index (χ4n) is 0.780. The number of hydrogen-bond donors (Lipinski definition) is 0. The third-order valence-corrected chi connectivity index (χ3v) is 1.28. The molecular formula is C8H9N3O. The zero-order valence-electron chi connectivity index (χ0n) is 6.77. The van der Waals surface area contributed by atoms with Crippen molar-refractivity contribution in [1.29, 1.82) is 0 Å². The largest absolute Gasteiger partial charge is 0.399 e. The van der Waals surface area contributed by atoms with Gasteiger partial charge in [-0.15, -0.1) is 6.42 Å². The van der Waals surface area contributed by atoms with Gasteiger partial charge < -0.3 is 9.40 Å². The normalized spacial score (nSPS) is 10.0. The molecule has 1 aromatic heterocycles.